The summed E-state index contributed by atoms with van der Waals surface area (Å²) in [5.41, 5.74) is -0.426. The molecular formula is C14H23NO2. The molecule has 1 N–H and O–H groups in total. The van der Waals surface area contributed by atoms with E-state index in [1.165, 1.54) is 0 Å². The van der Waals surface area contributed by atoms with Crippen molar-refractivity contribution in [3.05, 3.63) is 0 Å². The molecule has 0 radical (unpaired) electrons. The number of carbonyl (C=O) groups is 1. The zero-order chi connectivity index (χ0) is 12.9. The van der Waals surface area contributed by atoms with Gasteiger partial charge in [-0.15, -0.1) is 12.3 Å². The first kappa shape index (κ1) is 13.9. The Balaban J connectivity index is 2.27. The van der Waals surface area contributed by atoms with Crippen molar-refractivity contribution >= 4 is 6.09 Å². The lowest BCUT2D eigenvalue weighted by atomic mass is 9.84. The summed E-state index contributed by atoms with van der Waals surface area (Å²) in [5.74, 6) is 3.35. The number of nitrogens with one attached hydrogen (secondary N) is 1. The highest BCUT2D eigenvalue weighted by Gasteiger charge is 2.24. The molecule has 0 spiro atoms. The molecule has 0 aromatic rings. The summed E-state index contributed by atoms with van der Waals surface area (Å²) in [6.07, 6.45) is 10.1. The highest BCUT2D eigenvalue weighted by atomic mass is 16.6. The van der Waals surface area contributed by atoms with E-state index < -0.39 is 5.60 Å². The lowest BCUT2D eigenvalue weighted by Gasteiger charge is -2.29. The lowest BCUT2D eigenvalue weighted by molar-refractivity contribution is 0.0487. The van der Waals surface area contributed by atoms with Gasteiger partial charge in [-0.05, 0) is 52.4 Å². The summed E-state index contributed by atoms with van der Waals surface area (Å²) in [4.78, 5) is 11.6. The molecule has 0 atom stereocenters. The molecule has 0 aromatic carbocycles. The predicted octanol–water partition coefficient (Wildman–Crippen LogP) is 3.09. The maximum Gasteiger partial charge on any atom is 0.407 e. The minimum absolute atomic E-state index is 0.249. The molecule has 17 heavy (non-hydrogen) atoms. The summed E-state index contributed by atoms with van der Waals surface area (Å²) in [6.45, 7) is 5.61. The SMILES string of the molecule is C#CC[C@H]1CC[C@H](NC(=O)OC(C)(C)C)CC1. The Kier molecular flexibility index (Phi) is 4.86. The summed E-state index contributed by atoms with van der Waals surface area (Å²) >= 11 is 0. The van der Waals surface area contributed by atoms with Crippen LogP contribution in [-0.2, 0) is 4.74 Å². The van der Waals surface area contributed by atoms with Crippen molar-refractivity contribution in [2.45, 2.75) is 64.5 Å². The van der Waals surface area contributed by atoms with Crippen molar-refractivity contribution in [1.29, 1.82) is 0 Å². The normalized spacial score (nSPS) is 24.8. The van der Waals surface area contributed by atoms with Crippen molar-refractivity contribution in [1.82, 2.24) is 5.32 Å². The molecule has 0 aromatic heterocycles. The molecule has 1 rings (SSSR count). The van der Waals surface area contributed by atoms with Crippen LogP contribution >= 0.6 is 0 Å². The monoisotopic (exact) mass is 237 g/mol. The Morgan fingerprint density at radius 1 is 1.35 bits per heavy atom. The molecule has 1 amide bonds. The molecule has 3 heteroatoms. The number of alkyl carbamates (subject to hydrolysis) is 1. The van der Waals surface area contributed by atoms with Gasteiger partial charge in [-0.2, -0.15) is 0 Å². The first-order valence-electron chi connectivity index (χ1n) is 6.33. The number of ether oxygens (including phenoxy) is 1. The first-order chi connectivity index (χ1) is 7.90. The maximum absolute atomic E-state index is 11.6. The topological polar surface area (TPSA) is 38.3 Å². The van der Waals surface area contributed by atoms with Crippen LogP contribution in [0.25, 0.3) is 0 Å². The quantitative estimate of drug-likeness (QED) is 0.749. The second-order valence-corrected chi connectivity index (χ2v) is 5.77. The Hall–Kier alpha value is -1.17. The Bertz CT molecular complexity index is 290. The van der Waals surface area contributed by atoms with E-state index in [1.807, 2.05) is 20.8 Å². The summed E-state index contributed by atoms with van der Waals surface area (Å²) in [6, 6.07) is 0.249. The van der Waals surface area contributed by atoms with Gasteiger partial charge in [0.25, 0.3) is 0 Å². The molecule has 1 saturated carbocycles. The van der Waals surface area contributed by atoms with E-state index in [2.05, 4.69) is 11.2 Å². The maximum atomic E-state index is 11.6. The minimum Gasteiger partial charge on any atom is -0.444 e. The third-order valence-electron chi connectivity index (χ3n) is 2.97. The Labute approximate surface area is 104 Å². The van der Waals surface area contributed by atoms with Crippen LogP contribution < -0.4 is 5.32 Å². The van der Waals surface area contributed by atoms with E-state index in [0.717, 1.165) is 32.1 Å². The number of hydrogen-bond acceptors (Lipinski definition) is 2. The zero-order valence-electron chi connectivity index (χ0n) is 11.1. The van der Waals surface area contributed by atoms with E-state index in [9.17, 15) is 4.79 Å². The zero-order valence-corrected chi connectivity index (χ0v) is 11.1. The molecule has 1 aliphatic rings. The first-order valence-corrected chi connectivity index (χ1v) is 6.33. The van der Waals surface area contributed by atoms with Gasteiger partial charge in [0.15, 0.2) is 0 Å². The van der Waals surface area contributed by atoms with Crippen LogP contribution in [0.4, 0.5) is 4.79 Å². The highest BCUT2D eigenvalue weighted by molar-refractivity contribution is 5.68. The van der Waals surface area contributed by atoms with Gasteiger partial charge in [0.1, 0.15) is 5.60 Å². The summed E-state index contributed by atoms with van der Waals surface area (Å²) in [7, 11) is 0. The molecule has 96 valence electrons. The predicted molar refractivity (Wildman–Crippen MR) is 68.6 cm³/mol. The number of amides is 1. The van der Waals surface area contributed by atoms with Crippen LogP contribution in [-0.4, -0.2) is 17.7 Å². The fourth-order valence-corrected chi connectivity index (χ4v) is 2.15. The molecule has 3 nitrogen and oxygen atoms in total. The molecule has 0 aliphatic heterocycles. The van der Waals surface area contributed by atoms with Gasteiger partial charge in [-0.3, -0.25) is 0 Å². The van der Waals surface area contributed by atoms with Crippen LogP contribution in [0, 0.1) is 18.3 Å². The summed E-state index contributed by atoms with van der Waals surface area (Å²) in [5, 5.41) is 2.93. The molecule has 0 bridgehead atoms. The van der Waals surface area contributed by atoms with E-state index >= 15 is 0 Å². The van der Waals surface area contributed by atoms with Crippen LogP contribution in [0.15, 0.2) is 0 Å². The van der Waals surface area contributed by atoms with Crippen molar-refractivity contribution in [3.63, 3.8) is 0 Å². The fraction of sp³-hybridized carbons (Fsp3) is 0.786. The number of carbonyl (C=O) groups excluding carboxylic acids is 1. The van der Waals surface area contributed by atoms with Gasteiger partial charge in [0, 0.05) is 12.5 Å². The fourth-order valence-electron chi connectivity index (χ4n) is 2.15. The molecule has 0 saturated heterocycles. The van der Waals surface area contributed by atoms with Gasteiger partial charge in [-0.25, -0.2) is 4.79 Å². The third-order valence-corrected chi connectivity index (χ3v) is 2.97. The minimum atomic E-state index is -0.426. The molecule has 0 unspecified atom stereocenters. The molecule has 1 aliphatic carbocycles. The second-order valence-electron chi connectivity index (χ2n) is 5.77. The van der Waals surface area contributed by atoms with E-state index in [1.54, 1.807) is 0 Å². The van der Waals surface area contributed by atoms with Crippen LogP contribution in [0.3, 0.4) is 0 Å². The third kappa shape index (κ3) is 5.63. The van der Waals surface area contributed by atoms with Crippen LogP contribution in [0.2, 0.25) is 0 Å². The van der Waals surface area contributed by atoms with Gasteiger partial charge in [-0.1, -0.05) is 0 Å². The second kappa shape index (κ2) is 5.95. The van der Waals surface area contributed by atoms with Crippen molar-refractivity contribution < 1.29 is 9.53 Å². The van der Waals surface area contributed by atoms with E-state index in [-0.39, 0.29) is 12.1 Å². The smallest absolute Gasteiger partial charge is 0.407 e. The number of rotatable bonds is 2. The van der Waals surface area contributed by atoms with Crippen LogP contribution in [0.1, 0.15) is 52.9 Å². The Morgan fingerprint density at radius 2 is 1.94 bits per heavy atom. The van der Waals surface area contributed by atoms with Crippen LogP contribution in [0.5, 0.6) is 0 Å². The van der Waals surface area contributed by atoms with Gasteiger partial charge in [0.2, 0.25) is 0 Å². The van der Waals surface area contributed by atoms with Crippen molar-refractivity contribution in [3.8, 4) is 12.3 Å². The average molecular weight is 237 g/mol. The number of terminal acetylenes is 1. The lowest BCUT2D eigenvalue weighted by Crippen LogP contribution is -2.40. The summed E-state index contributed by atoms with van der Waals surface area (Å²) < 4.78 is 5.23. The van der Waals surface area contributed by atoms with Crippen molar-refractivity contribution in [2.75, 3.05) is 0 Å². The van der Waals surface area contributed by atoms with Gasteiger partial charge >= 0.3 is 6.09 Å². The standard InChI is InChI=1S/C14H23NO2/c1-5-6-11-7-9-12(10-8-11)15-13(16)17-14(2,3)4/h1,11-12H,6-10H2,2-4H3,(H,15,16)/t11-,12-. The Morgan fingerprint density at radius 3 is 2.41 bits per heavy atom. The molecule has 0 heterocycles. The molecular weight excluding hydrogens is 214 g/mol. The van der Waals surface area contributed by atoms with Crippen molar-refractivity contribution in [2.24, 2.45) is 5.92 Å². The average Bonchev–Trinajstić information content (AvgIpc) is 2.18. The van der Waals surface area contributed by atoms with Gasteiger partial charge in [0.05, 0.1) is 0 Å². The van der Waals surface area contributed by atoms with E-state index in [4.69, 9.17) is 11.2 Å². The highest BCUT2D eigenvalue weighted by Crippen LogP contribution is 2.26. The van der Waals surface area contributed by atoms with Gasteiger partial charge < -0.3 is 10.1 Å². The number of hydrogen-bond donors (Lipinski definition) is 1. The largest absolute Gasteiger partial charge is 0.444 e. The van der Waals surface area contributed by atoms with E-state index in [0.29, 0.717) is 5.92 Å². The molecule has 1 fully saturated rings.